The third-order valence-corrected chi connectivity index (χ3v) is 0. The van der Waals surface area contributed by atoms with Crippen LogP contribution in [0.3, 0.4) is 0 Å². The Morgan fingerprint density at radius 2 is 1.25 bits per heavy atom. The van der Waals surface area contributed by atoms with Gasteiger partial charge in [0.1, 0.15) is 4.32 Å². The first-order chi connectivity index (χ1) is 1.73. The van der Waals surface area contributed by atoms with E-state index in [0.29, 0.717) is 0 Å². The zero-order chi connectivity index (χ0) is 3.58. The molecule has 0 aromatic heterocycles. The Labute approximate surface area is 95.6 Å². The Bertz CT molecular complexity index is 35.4. The van der Waals surface area contributed by atoms with Crippen LogP contribution in [0, 0.1) is 0 Å². The van der Waals surface area contributed by atoms with Crippen molar-refractivity contribution in [3.05, 3.63) is 0 Å². The minimum atomic E-state index is 0. The minimum absolute atomic E-state index is 0. The molecule has 0 unspecified atom stereocenters. The largest absolute Gasteiger partial charge is 2.00 e. The summed E-state index contributed by atoms with van der Waals surface area (Å²) >= 11 is 7.65. The van der Waals surface area contributed by atoms with E-state index in [9.17, 15) is 0 Å². The van der Waals surface area contributed by atoms with Gasteiger partial charge in [0.05, 0.1) is 0 Å². The summed E-state index contributed by atoms with van der Waals surface area (Å²) in [6, 6.07) is 0. The summed E-state index contributed by atoms with van der Waals surface area (Å²) in [5, 5.41) is 0. The van der Waals surface area contributed by atoms with Gasteiger partial charge in [-0.25, -0.2) is 0 Å². The van der Waals surface area contributed by atoms with Crippen LogP contribution in [-0.4, -0.2) is 4.32 Å². The van der Waals surface area contributed by atoms with Crippen LogP contribution in [-0.2, 0) is 61.6 Å². The fourth-order valence-corrected chi connectivity index (χ4v) is 0. The van der Waals surface area contributed by atoms with E-state index in [1.54, 1.807) is 0 Å². The van der Waals surface area contributed by atoms with Crippen molar-refractivity contribution in [2.75, 3.05) is 0 Å². The molecule has 0 radical (unpaired) electrons. The zero-order valence-corrected chi connectivity index (χ0v) is 9.73. The van der Waals surface area contributed by atoms with Gasteiger partial charge in [0.15, 0.2) is 0 Å². The van der Waals surface area contributed by atoms with E-state index in [0.717, 1.165) is 0 Å². The maximum Gasteiger partial charge on any atom is 0.128 e. The Morgan fingerprint density at radius 3 is 1.25 bits per heavy atom. The fourth-order valence-electron chi connectivity index (χ4n) is 0. The van der Waals surface area contributed by atoms with Crippen LogP contribution >= 0.6 is 24.8 Å². The van der Waals surface area contributed by atoms with E-state index in [1.807, 2.05) is 0 Å². The average Bonchev–Trinajstić information content (AvgIpc) is 0.811. The van der Waals surface area contributed by atoms with Gasteiger partial charge in [-0.3, -0.25) is 0 Å². The van der Waals surface area contributed by atoms with Crippen LogP contribution in [0.15, 0.2) is 0 Å². The van der Waals surface area contributed by atoms with E-state index in [-0.39, 0.29) is 65.9 Å². The smallest absolute Gasteiger partial charge is 0.128 e. The third kappa shape index (κ3) is 99.3. The van der Waals surface area contributed by atoms with Gasteiger partial charge >= 0.3 is 0 Å². The summed E-state index contributed by atoms with van der Waals surface area (Å²) in [5.74, 6) is 0. The van der Waals surface area contributed by atoms with E-state index >= 15 is 0 Å². The van der Waals surface area contributed by atoms with E-state index < -0.39 is 0 Å². The molecule has 54 valence electrons. The normalized spacial score (nSPS) is 3.12. The quantitative estimate of drug-likeness (QED) is 0.376. The fraction of sp³-hybridized carbons (Fsp3) is 0. The number of nitrogens with two attached hydrogens (primary N) is 1. The van der Waals surface area contributed by atoms with Gasteiger partial charge in [-0.2, -0.15) is 0 Å². The maximum atomic E-state index is 4.71. The SMILES string of the molecule is NC(=S)S.[Mo].[S-2].[S-2].[S-2]. The number of hydrogen-bond donors (Lipinski definition) is 2. The van der Waals surface area contributed by atoms with Gasteiger partial charge in [-0.15, -0.1) is 12.6 Å². The molecule has 7 heteroatoms. The van der Waals surface area contributed by atoms with Gasteiger partial charge in [0.2, 0.25) is 0 Å². The Morgan fingerprint density at radius 1 is 1.25 bits per heavy atom. The molecule has 0 rings (SSSR count). The molecule has 2 N–H and O–H groups in total. The van der Waals surface area contributed by atoms with Crippen molar-refractivity contribution in [3.8, 4) is 0 Å². The molecule has 0 aromatic rings. The topological polar surface area (TPSA) is 26.0 Å². The van der Waals surface area contributed by atoms with Crippen molar-refractivity contribution in [2.45, 2.75) is 0 Å². The standard InChI is InChI=1S/CH3NS2.Mo.3S/c2-1(3)4;;;;/h(H3,2,3,4);;;;/q;;3*-2. The van der Waals surface area contributed by atoms with Crippen molar-refractivity contribution in [2.24, 2.45) is 5.73 Å². The first-order valence-electron chi connectivity index (χ1n) is 0.716. The van der Waals surface area contributed by atoms with Crippen LogP contribution in [0.5, 0.6) is 0 Å². The molecule has 0 aliphatic heterocycles. The first-order valence-corrected chi connectivity index (χ1v) is 1.57. The number of thiol groups is 1. The van der Waals surface area contributed by atoms with Gasteiger partial charge in [-0.1, -0.05) is 12.2 Å². The number of rotatable bonds is 0. The van der Waals surface area contributed by atoms with Crippen LogP contribution in [0.25, 0.3) is 0 Å². The van der Waals surface area contributed by atoms with Crippen molar-refractivity contribution in [3.63, 3.8) is 0 Å². The molecule has 0 saturated carbocycles. The van der Waals surface area contributed by atoms with Crippen LogP contribution in [0.1, 0.15) is 0 Å². The predicted molar refractivity (Wildman–Crippen MR) is 47.9 cm³/mol. The molecule has 1 nitrogen and oxygen atoms in total. The number of thiocarbonyl (C=S) groups is 1. The van der Waals surface area contributed by atoms with Crippen LogP contribution in [0.4, 0.5) is 0 Å². The van der Waals surface area contributed by atoms with Gasteiger partial charge in [0, 0.05) is 21.1 Å². The van der Waals surface area contributed by atoms with Crippen molar-refractivity contribution < 1.29 is 21.1 Å². The van der Waals surface area contributed by atoms with Crippen LogP contribution in [0.2, 0.25) is 0 Å². The third-order valence-electron chi connectivity index (χ3n) is 0. The molecule has 0 saturated heterocycles. The summed E-state index contributed by atoms with van der Waals surface area (Å²) in [4.78, 5) is 0. The van der Waals surface area contributed by atoms with E-state index in [4.69, 9.17) is 5.73 Å². The molecular formula is CH3MoNS5-6. The molecule has 0 spiro atoms. The van der Waals surface area contributed by atoms with Gasteiger partial charge < -0.3 is 46.2 Å². The Hall–Kier alpha value is 1.98. The first kappa shape index (κ1) is 32.5. The molecule has 0 bridgehead atoms. The van der Waals surface area contributed by atoms with Crippen molar-refractivity contribution >= 4 is 69.7 Å². The molecule has 0 fully saturated rings. The predicted octanol–water partition coefficient (Wildman–Crippen LogP) is 0.150. The molecular weight excluding hydrogens is 282 g/mol. The molecule has 8 heavy (non-hydrogen) atoms. The second kappa shape index (κ2) is 23.1. The molecule has 0 aliphatic carbocycles. The summed E-state index contributed by atoms with van der Waals surface area (Å²) in [7, 11) is 0. The van der Waals surface area contributed by atoms with Gasteiger partial charge in [-0.05, 0) is 0 Å². The molecule has 0 atom stereocenters. The van der Waals surface area contributed by atoms with E-state index in [2.05, 4.69) is 24.8 Å². The summed E-state index contributed by atoms with van der Waals surface area (Å²) in [6.07, 6.45) is 0. The Kier molecular flexibility index (Phi) is 93.6. The summed E-state index contributed by atoms with van der Waals surface area (Å²) in [6.45, 7) is 0. The minimum Gasteiger partial charge on any atom is -2.00 e. The summed E-state index contributed by atoms with van der Waals surface area (Å²) in [5.41, 5.74) is 4.71. The zero-order valence-electron chi connectivity index (χ0n) is 3.57. The molecule has 0 amide bonds. The Balaban J connectivity index is -0.00000000750. The number of hydrogen-bond acceptors (Lipinski definition) is 1. The molecule has 0 aromatic carbocycles. The second-order valence-electron chi connectivity index (χ2n) is 0.338. The average molecular weight is 285 g/mol. The maximum absolute atomic E-state index is 4.71. The van der Waals surface area contributed by atoms with Crippen LogP contribution < -0.4 is 5.73 Å². The monoisotopic (exact) mass is 287 g/mol. The summed E-state index contributed by atoms with van der Waals surface area (Å²) < 4.78 is 0.194. The van der Waals surface area contributed by atoms with Crippen molar-refractivity contribution in [1.82, 2.24) is 0 Å². The van der Waals surface area contributed by atoms with Gasteiger partial charge in [0.25, 0.3) is 0 Å². The van der Waals surface area contributed by atoms with Crippen molar-refractivity contribution in [1.29, 1.82) is 0 Å². The molecule has 0 aliphatic rings. The second-order valence-corrected chi connectivity index (χ2v) is 1.56. The van der Waals surface area contributed by atoms with E-state index in [1.165, 1.54) is 0 Å². The molecule has 0 heterocycles.